The van der Waals surface area contributed by atoms with Crippen molar-refractivity contribution in [1.82, 2.24) is 10.6 Å². The number of methoxy groups -OCH3 is 4. The molecule has 3 aliphatic carbocycles. The van der Waals surface area contributed by atoms with Gasteiger partial charge in [0.15, 0.2) is 23.2 Å². The third-order valence-corrected chi connectivity index (χ3v) is 11.6. The van der Waals surface area contributed by atoms with E-state index in [1.54, 1.807) is 31.2 Å². The van der Waals surface area contributed by atoms with Crippen molar-refractivity contribution in [2.45, 2.75) is 74.8 Å². The predicted octanol–water partition coefficient (Wildman–Crippen LogP) is 0.902. The molecule has 0 aromatic heterocycles. The molecule has 0 spiro atoms. The second-order valence-corrected chi connectivity index (χ2v) is 14.6. The third-order valence-electron chi connectivity index (χ3n) is 11.6. The molecule has 1 unspecified atom stereocenters. The van der Waals surface area contributed by atoms with Crippen molar-refractivity contribution in [2.75, 3.05) is 28.4 Å². The van der Waals surface area contributed by atoms with Gasteiger partial charge in [-0.25, -0.2) is 0 Å². The summed E-state index contributed by atoms with van der Waals surface area (Å²) in [5, 5.41) is 64.2. The molecule has 58 heavy (non-hydrogen) atoms. The Morgan fingerprint density at radius 3 is 2.21 bits per heavy atom. The number of phenolic OH excluding ortho intramolecular Hbond substituents is 2. The number of fused-ring (bicyclic) bond motifs is 5. The largest absolute Gasteiger partial charge is 0.507 e. The van der Waals surface area contributed by atoms with Crippen molar-refractivity contribution in [3.05, 3.63) is 98.2 Å². The molecule has 306 valence electrons. The minimum atomic E-state index is -3.26. The number of allylic oxidation sites excluding steroid dienone is 2. The SMILES string of the molecule is COc1ccc(CNC(=O)c2c(C)cc3c(c2O)[C@]2(O)C(=O)c4cc5c(c(O)c4C(=O)[C@]2(OC)[C@H](O)C3)C(=O)C=C(NC2O[C@@H](C)[C@H](OC)[C@@H](O)[C@H]2OC)C5=O)cc1. The molecule has 17 heteroatoms. The van der Waals surface area contributed by atoms with Crippen LogP contribution in [-0.4, -0.2) is 125 Å². The van der Waals surface area contributed by atoms with Crippen LogP contribution >= 0.6 is 0 Å². The van der Waals surface area contributed by atoms with Crippen LogP contribution in [0.25, 0.3) is 0 Å². The van der Waals surface area contributed by atoms with E-state index in [0.717, 1.165) is 19.3 Å². The van der Waals surface area contributed by atoms with Gasteiger partial charge in [0.05, 0.1) is 41.7 Å². The van der Waals surface area contributed by atoms with Gasteiger partial charge in [0.25, 0.3) is 5.91 Å². The van der Waals surface area contributed by atoms with Gasteiger partial charge in [0.1, 0.15) is 35.6 Å². The normalized spacial score (nSPS) is 28.8. The Morgan fingerprint density at radius 2 is 1.59 bits per heavy atom. The molecular weight excluding hydrogens is 760 g/mol. The van der Waals surface area contributed by atoms with E-state index in [1.165, 1.54) is 34.3 Å². The van der Waals surface area contributed by atoms with E-state index in [-0.39, 0.29) is 28.9 Å². The Labute approximate surface area is 331 Å². The third kappa shape index (κ3) is 5.68. The number of phenols is 2. The van der Waals surface area contributed by atoms with Crippen LogP contribution in [0, 0.1) is 6.92 Å². The molecule has 1 amide bonds. The number of amides is 1. The van der Waals surface area contributed by atoms with Gasteiger partial charge in [0.2, 0.25) is 17.3 Å². The zero-order chi connectivity index (χ0) is 42.2. The summed E-state index contributed by atoms with van der Waals surface area (Å²) < 4.78 is 27.4. The molecule has 4 aliphatic rings. The van der Waals surface area contributed by atoms with Crippen molar-refractivity contribution in [3.63, 3.8) is 0 Å². The molecular formula is C41H42N2O15. The van der Waals surface area contributed by atoms with E-state index in [9.17, 15) is 49.5 Å². The summed E-state index contributed by atoms with van der Waals surface area (Å²) in [4.78, 5) is 71.0. The average molecular weight is 803 g/mol. The standard InChI is InChI=1S/C41H42N2O15/c1-16-11-19-12-25(45)41(57-6)37(51)28-22(36(50)40(41,53)29(19)32(48)26(16)38(52)42-15-18-7-9-20(54-3)10-8-18)13-21-27(31(28)47)24(44)14-23(30(21)46)43-39-35(56-5)33(49)34(55-4)17(2)58-39/h7-11,13-14,17,25,33-35,39,43,45,47-49,53H,12,15H2,1-6H3,(H,42,52)/t17-,25+,33+,34-,35+,39?,40-,41+/m0/s1. The summed E-state index contributed by atoms with van der Waals surface area (Å²) in [6, 6.07) is 9.04. The molecule has 0 radical (unpaired) electrons. The van der Waals surface area contributed by atoms with E-state index in [0.29, 0.717) is 11.3 Å². The number of ketones is 4. The molecule has 7 rings (SSSR count). The summed E-state index contributed by atoms with van der Waals surface area (Å²) in [5.41, 5.74) is -9.36. The fourth-order valence-electron chi connectivity index (χ4n) is 8.79. The second kappa shape index (κ2) is 14.7. The number of aryl methyl sites for hydroxylation is 1. The Morgan fingerprint density at radius 1 is 0.914 bits per heavy atom. The number of aliphatic hydroxyl groups excluding tert-OH is 2. The summed E-state index contributed by atoms with van der Waals surface area (Å²) in [5.74, 6) is -6.82. The van der Waals surface area contributed by atoms with Crippen LogP contribution in [0.4, 0.5) is 0 Å². The molecule has 3 aromatic rings. The number of nitrogens with one attached hydrogen (secondary N) is 2. The smallest absolute Gasteiger partial charge is 0.255 e. The predicted molar refractivity (Wildman–Crippen MR) is 199 cm³/mol. The number of Topliss-reactive ketones (excluding diaryl/α,β-unsaturated/α-hetero) is 3. The number of carbonyl (C=O) groups excluding carboxylic acids is 5. The highest BCUT2D eigenvalue weighted by atomic mass is 16.6. The van der Waals surface area contributed by atoms with Crippen LogP contribution in [0.5, 0.6) is 17.2 Å². The topological polar surface area (TPSA) is 257 Å². The van der Waals surface area contributed by atoms with Crippen LogP contribution in [-0.2, 0) is 37.5 Å². The van der Waals surface area contributed by atoms with Gasteiger partial charge in [-0.15, -0.1) is 0 Å². The van der Waals surface area contributed by atoms with Crippen LogP contribution in [0.3, 0.4) is 0 Å². The first-order chi connectivity index (χ1) is 27.5. The number of hydrogen-bond donors (Lipinski definition) is 7. The van der Waals surface area contributed by atoms with Gasteiger partial charge >= 0.3 is 0 Å². The van der Waals surface area contributed by atoms with Crippen LogP contribution < -0.4 is 15.4 Å². The van der Waals surface area contributed by atoms with Gasteiger partial charge in [-0.1, -0.05) is 18.2 Å². The van der Waals surface area contributed by atoms with Crippen molar-refractivity contribution < 1.29 is 73.2 Å². The molecule has 1 fully saturated rings. The number of aliphatic hydroxyl groups is 3. The quantitative estimate of drug-likeness (QED) is 0.159. The maximum absolute atomic E-state index is 14.9. The second-order valence-electron chi connectivity index (χ2n) is 14.6. The lowest BCUT2D eigenvalue weighted by molar-refractivity contribution is -0.236. The lowest BCUT2D eigenvalue weighted by Gasteiger charge is -2.53. The van der Waals surface area contributed by atoms with E-state index in [1.807, 2.05) is 0 Å². The highest BCUT2D eigenvalue weighted by Crippen LogP contribution is 2.56. The number of carbonyl (C=O) groups is 5. The van der Waals surface area contributed by atoms with Crippen molar-refractivity contribution in [3.8, 4) is 17.2 Å². The Balaban J connectivity index is 1.31. The van der Waals surface area contributed by atoms with Gasteiger partial charge in [0, 0.05) is 57.1 Å². The van der Waals surface area contributed by atoms with E-state index in [4.69, 9.17) is 23.7 Å². The molecule has 1 saturated heterocycles. The first-order valence-electron chi connectivity index (χ1n) is 18.2. The van der Waals surface area contributed by atoms with Crippen molar-refractivity contribution >= 4 is 29.0 Å². The highest BCUT2D eigenvalue weighted by Gasteiger charge is 2.72. The number of benzene rings is 3. The van der Waals surface area contributed by atoms with Gasteiger partial charge in [-0.3, -0.25) is 24.0 Å². The first-order valence-corrected chi connectivity index (χ1v) is 18.2. The highest BCUT2D eigenvalue weighted by molar-refractivity contribution is 6.31. The molecule has 7 N–H and O–H groups in total. The minimum absolute atomic E-state index is 0.00325. The summed E-state index contributed by atoms with van der Waals surface area (Å²) in [6.45, 7) is 3.12. The Kier molecular flexibility index (Phi) is 10.3. The lowest BCUT2D eigenvalue weighted by atomic mass is 9.56. The number of ether oxygens (including phenoxy) is 5. The average Bonchev–Trinajstić information content (AvgIpc) is 3.18. The summed E-state index contributed by atoms with van der Waals surface area (Å²) >= 11 is 0. The van der Waals surface area contributed by atoms with Gasteiger partial charge in [-0.2, -0.15) is 0 Å². The number of aromatic hydroxyl groups is 2. The Hall–Kier alpha value is -5.53. The maximum Gasteiger partial charge on any atom is 0.255 e. The Bertz CT molecular complexity index is 2300. The summed E-state index contributed by atoms with van der Waals surface area (Å²) in [6.07, 6.45) is -6.62. The number of rotatable bonds is 9. The molecule has 1 heterocycles. The fraction of sp³-hybridized carbons (Fsp3) is 0.390. The molecule has 0 saturated carbocycles. The van der Waals surface area contributed by atoms with Crippen LogP contribution in [0.15, 0.2) is 48.2 Å². The van der Waals surface area contributed by atoms with E-state index < -0.39 is 123 Å². The monoisotopic (exact) mass is 802 g/mol. The van der Waals surface area contributed by atoms with Gasteiger partial charge < -0.3 is 59.9 Å². The molecule has 8 atom stereocenters. The lowest BCUT2D eigenvalue weighted by Crippen LogP contribution is -2.73. The minimum Gasteiger partial charge on any atom is -0.507 e. The maximum atomic E-state index is 14.9. The fourth-order valence-corrected chi connectivity index (χ4v) is 8.79. The summed E-state index contributed by atoms with van der Waals surface area (Å²) in [7, 11) is 5.11. The van der Waals surface area contributed by atoms with Crippen LogP contribution in [0.1, 0.15) is 81.0 Å². The van der Waals surface area contributed by atoms with Crippen molar-refractivity contribution in [2.24, 2.45) is 0 Å². The first kappa shape index (κ1) is 40.7. The van der Waals surface area contributed by atoms with E-state index in [2.05, 4.69) is 10.6 Å². The number of hydrogen-bond acceptors (Lipinski definition) is 16. The van der Waals surface area contributed by atoms with E-state index >= 15 is 0 Å². The van der Waals surface area contributed by atoms with Gasteiger partial charge in [-0.05, 0) is 48.7 Å². The molecule has 0 bridgehead atoms. The zero-order valence-electron chi connectivity index (χ0n) is 32.2. The molecule has 3 aromatic carbocycles. The zero-order valence-corrected chi connectivity index (χ0v) is 32.2. The molecule has 17 nitrogen and oxygen atoms in total. The van der Waals surface area contributed by atoms with Crippen LogP contribution in [0.2, 0.25) is 0 Å². The van der Waals surface area contributed by atoms with Crippen molar-refractivity contribution in [1.29, 1.82) is 0 Å². The molecule has 1 aliphatic heterocycles.